The van der Waals surface area contributed by atoms with Crippen LogP contribution in [0.15, 0.2) is 0 Å². The van der Waals surface area contributed by atoms with Crippen LogP contribution in [0.4, 0.5) is 0 Å². The van der Waals surface area contributed by atoms with Crippen LogP contribution in [0.1, 0.15) is 54.4 Å². The van der Waals surface area contributed by atoms with Gasteiger partial charge in [-0.05, 0) is 54.4 Å². The second kappa shape index (κ2) is 4.82. The summed E-state index contributed by atoms with van der Waals surface area (Å²) in [5.41, 5.74) is -0.389. The normalized spacial score (nSPS) is 35.7. The first-order chi connectivity index (χ1) is 8.17. The minimum Gasteiger partial charge on any atom is -0.411 e. The van der Waals surface area contributed by atoms with Gasteiger partial charge in [0, 0.05) is 12.2 Å². The van der Waals surface area contributed by atoms with Crippen molar-refractivity contribution in [1.29, 1.82) is 0 Å². The van der Waals surface area contributed by atoms with E-state index >= 15 is 0 Å². The van der Waals surface area contributed by atoms with Crippen LogP contribution in [-0.2, 0) is 18.6 Å². The molecule has 0 amide bonds. The van der Waals surface area contributed by atoms with E-state index < -0.39 is 14.0 Å². The average Bonchev–Trinajstić information content (AvgIpc) is 2.10. The quantitative estimate of drug-likeness (QED) is 0.672. The molecule has 2 atom stereocenters. The summed E-state index contributed by atoms with van der Waals surface area (Å²) in [6.07, 6.45) is 2.09. The van der Waals surface area contributed by atoms with Crippen molar-refractivity contribution in [2.75, 3.05) is 0 Å². The zero-order valence-electron chi connectivity index (χ0n) is 12.4. The van der Waals surface area contributed by atoms with E-state index in [1.807, 2.05) is 0 Å². The van der Waals surface area contributed by atoms with Crippen LogP contribution in [-0.4, -0.2) is 37.4 Å². The molecule has 4 nitrogen and oxygen atoms in total. The molecule has 102 valence electrons. The van der Waals surface area contributed by atoms with Gasteiger partial charge in [-0.2, -0.15) is 0 Å². The molecule has 0 radical (unpaired) electrons. The summed E-state index contributed by atoms with van der Waals surface area (Å²) in [5.74, 6) is 0. The molecule has 0 spiro atoms. The predicted octanol–water partition coefficient (Wildman–Crippen LogP) is 2.25. The Morgan fingerprint density at radius 2 is 1.11 bits per heavy atom. The fourth-order valence-electron chi connectivity index (χ4n) is 2.96. The summed E-state index contributed by atoms with van der Waals surface area (Å²) in [7, 11) is -0.878. The van der Waals surface area contributed by atoms with Gasteiger partial charge in [-0.25, -0.2) is 0 Å². The smallest absolute Gasteiger partial charge is 0.411 e. The molecule has 0 aromatic carbocycles. The first kappa shape index (κ1) is 14.4. The van der Waals surface area contributed by atoms with E-state index in [0.29, 0.717) is 0 Å². The maximum absolute atomic E-state index is 5.95. The molecular formula is C12H24B2O4. The van der Waals surface area contributed by atoms with Gasteiger partial charge < -0.3 is 18.6 Å². The van der Waals surface area contributed by atoms with E-state index in [1.165, 1.54) is 0 Å². The van der Waals surface area contributed by atoms with Crippen molar-refractivity contribution < 1.29 is 18.6 Å². The van der Waals surface area contributed by atoms with Crippen molar-refractivity contribution in [3.63, 3.8) is 0 Å². The first-order valence-electron chi connectivity index (χ1n) is 6.83. The average molecular weight is 254 g/mol. The molecule has 2 heterocycles. The molecule has 2 saturated heterocycles. The van der Waals surface area contributed by atoms with Gasteiger partial charge in [-0.3, -0.25) is 0 Å². The van der Waals surface area contributed by atoms with E-state index in [4.69, 9.17) is 18.6 Å². The lowest BCUT2D eigenvalue weighted by Crippen LogP contribution is -2.60. The van der Waals surface area contributed by atoms with Gasteiger partial charge in [0.1, 0.15) is 0 Å². The van der Waals surface area contributed by atoms with Crippen LogP contribution in [0.25, 0.3) is 0 Å². The molecule has 2 aliphatic heterocycles. The molecule has 2 rings (SSSR count). The van der Waals surface area contributed by atoms with Gasteiger partial charge in [-0.1, -0.05) is 0 Å². The third-order valence-electron chi connectivity index (χ3n) is 3.38. The van der Waals surface area contributed by atoms with Crippen LogP contribution in [0.2, 0.25) is 0 Å². The van der Waals surface area contributed by atoms with Crippen LogP contribution in [0.3, 0.4) is 0 Å². The van der Waals surface area contributed by atoms with Crippen molar-refractivity contribution >= 4 is 14.0 Å². The van der Waals surface area contributed by atoms with Gasteiger partial charge >= 0.3 is 14.0 Å². The molecule has 2 aliphatic rings. The molecule has 0 N–H and O–H groups in total. The molecule has 18 heavy (non-hydrogen) atoms. The third-order valence-corrected chi connectivity index (χ3v) is 3.38. The van der Waals surface area contributed by atoms with E-state index in [-0.39, 0.29) is 23.4 Å². The van der Waals surface area contributed by atoms with E-state index in [9.17, 15) is 0 Å². The third kappa shape index (κ3) is 3.50. The zero-order valence-corrected chi connectivity index (χ0v) is 12.4. The molecule has 0 aliphatic carbocycles. The predicted molar refractivity (Wildman–Crippen MR) is 72.2 cm³/mol. The van der Waals surface area contributed by atoms with Crippen LogP contribution in [0, 0.1) is 0 Å². The first-order valence-corrected chi connectivity index (χ1v) is 6.83. The summed E-state index contributed by atoms with van der Waals surface area (Å²) in [5, 5.41) is 0. The highest BCUT2D eigenvalue weighted by Crippen LogP contribution is 2.31. The molecule has 2 fully saturated rings. The fraction of sp³-hybridized carbons (Fsp3) is 1.00. The van der Waals surface area contributed by atoms with Crippen molar-refractivity contribution in [2.24, 2.45) is 0 Å². The van der Waals surface area contributed by atoms with Crippen LogP contribution in [0.5, 0.6) is 0 Å². The van der Waals surface area contributed by atoms with Gasteiger partial charge in [-0.15, -0.1) is 0 Å². The number of hydrogen-bond acceptors (Lipinski definition) is 4. The minimum atomic E-state index is -0.439. The Hall–Kier alpha value is -0.0301. The highest BCUT2D eigenvalue weighted by atomic mass is 16.7. The topological polar surface area (TPSA) is 36.9 Å². The Morgan fingerprint density at radius 3 is 1.39 bits per heavy atom. The number of rotatable bonds is 1. The Bertz CT molecular complexity index is 278. The maximum atomic E-state index is 5.95. The molecular weight excluding hydrogens is 230 g/mol. The van der Waals surface area contributed by atoms with Crippen molar-refractivity contribution in [2.45, 2.75) is 77.8 Å². The molecule has 0 bridgehead atoms. The summed E-state index contributed by atoms with van der Waals surface area (Å²) >= 11 is 0. The molecule has 6 heteroatoms. The maximum Gasteiger partial charge on any atom is 0.488 e. The van der Waals surface area contributed by atoms with Gasteiger partial charge in [0.25, 0.3) is 0 Å². The zero-order chi connectivity index (χ0) is 13.6. The summed E-state index contributed by atoms with van der Waals surface area (Å²) in [6, 6.07) is 0. The van der Waals surface area contributed by atoms with E-state index in [2.05, 4.69) is 41.5 Å². The Balaban J connectivity index is 2.06. The fourth-order valence-corrected chi connectivity index (χ4v) is 2.96. The SMILES string of the molecule is C[C@@H]1CC(C)(C)OB(B2O[C@H](C)CC(C)(C)O2)O1. The van der Waals surface area contributed by atoms with Crippen molar-refractivity contribution in [3.05, 3.63) is 0 Å². The van der Waals surface area contributed by atoms with Gasteiger partial charge in [0.05, 0.1) is 11.2 Å². The van der Waals surface area contributed by atoms with E-state index in [1.54, 1.807) is 0 Å². The molecule has 0 unspecified atom stereocenters. The van der Waals surface area contributed by atoms with Crippen LogP contribution >= 0.6 is 0 Å². The summed E-state index contributed by atoms with van der Waals surface area (Å²) in [6.45, 7) is 12.4. The summed E-state index contributed by atoms with van der Waals surface area (Å²) in [4.78, 5) is 0. The molecule has 0 saturated carbocycles. The lowest BCUT2D eigenvalue weighted by Gasteiger charge is -2.44. The Kier molecular flexibility index (Phi) is 3.85. The Morgan fingerprint density at radius 1 is 0.778 bits per heavy atom. The highest BCUT2D eigenvalue weighted by molar-refractivity contribution is 7.10. The van der Waals surface area contributed by atoms with E-state index in [0.717, 1.165) is 12.8 Å². The van der Waals surface area contributed by atoms with Crippen LogP contribution < -0.4 is 0 Å². The minimum absolute atomic E-state index is 0.159. The molecule has 0 aromatic heterocycles. The molecule has 0 aromatic rings. The summed E-state index contributed by atoms with van der Waals surface area (Å²) < 4.78 is 23.6. The lowest BCUT2D eigenvalue weighted by molar-refractivity contribution is -0.0518. The standard InChI is InChI=1S/C12H24B2O4/c1-9-7-11(3,4)17-13(15-9)14-16-10(2)8-12(5,6)18-14/h9-10H,7-8H2,1-6H3/t9-,10-/m1/s1. The van der Waals surface area contributed by atoms with Gasteiger partial charge in [0.15, 0.2) is 0 Å². The highest BCUT2D eigenvalue weighted by Gasteiger charge is 2.52. The Labute approximate surface area is 111 Å². The largest absolute Gasteiger partial charge is 0.488 e. The van der Waals surface area contributed by atoms with Gasteiger partial charge in [0.2, 0.25) is 0 Å². The van der Waals surface area contributed by atoms with Crippen molar-refractivity contribution in [3.8, 4) is 0 Å². The second-order valence-electron chi connectivity index (χ2n) is 6.79. The second-order valence-corrected chi connectivity index (χ2v) is 6.79. The monoisotopic (exact) mass is 254 g/mol. The van der Waals surface area contributed by atoms with Crippen molar-refractivity contribution in [1.82, 2.24) is 0 Å². The lowest BCUT2D eigenvalue weighted by atomic mass is 9.46. The number of hydrogen-bond donors (Lipinski definition) is 0.